The van der Waals surface area contributed by atoms with E-state index >= 15 is 0 Å². The minimum Gasteiger partial charge on any atom is -0.465 e. The molecule has 4 heteroatoms. The topological polar surface area (TPSA) is 62.6 Å². The number of unbranched alkanes of at least 4 members (excludes halogenated alkanes) is 2. The summed E-state index contributed by atoms with van der Waals surface area (Å²) in [5.74, 6) is 1.86. The predicted octanol–water partition coefficient (Wildman–Crippen LogP) is 2.07. The zero-order chi connectivity index (χ0) is 13.5. The standard InChI is InChI=1S/C14H26N2O2/c1-11-7-8-13(18-11)14(12(2)15)16(3)9-5-4-6-10-17/h7-8,12,14,17H,4-6,9-10,15H2,1-3H3. The molecule has 0 radical (unpaired) electrons. The summed E-state index contributed by atoms with van der Waals surface area (Å²) in [4.78, 5) is 2.24. The van der Waals surface area contributed by atoms with Gasteiger partial charge in [0.1, 0.15) is 11.5 Å². The van der Waals surface area contributed by atoms with Crippen LogP contribution in [0.15, 0.2) is 16.5 Å². The molecule has 0 bridgehead atoms. The fraction of sp³-hybridized carbons (Fsp3) is 0.714. The highest BCUT2D eigenvalue weighted by atomic mass is 16.3. The maximum absolute atomic E-state index is 8.76. The minimum atomic E-state index is 0.0263. The van der Waals surface area contributed by atoms with E-state index in [1.54, 1.807) is 0 Å². The molecule has 18 heavy (non-hydrogen) atoms. The van der Waals surface area contributed by atoms with Crippen LogP contribution in [0.5, 0.6) is 0 Å². The Morgan fingerprint density at radius 3 is 2.56 bits per heavy atom. The van der Waals surface area contributed by atoms with Crippen molar-refractivity contribution in [3.63, 3.8) is 0 Å². The zero-order valence-electron chi connectivity index (χ0n) is 11.7. The third kappa shape index (κ3) is 4.44. The molecule has 0 spiro atoms. The molecule has 0 aliphatic heterocycles. The minimum absolute atomic E-state index is 0.0263. The number of hydrogen-bond donors (Lipinski definition) is 2. The largest absolute Gasteiger partial charge is 0.465 e. The summed E-state index contributed by atoms with van der Waals surface area (Å²) in [5, 5.41) is 8.76. The number of nitrogens with two attached hydrogens (primary N) is 1. The first kappa shape index (κ1) is 15.2. The van der Waals surface area contributed by atoms with Crippen molar-refractivity contribution >= 4 is 0 Å². The molecule has 2 atom stereocenters. The summed E-state index contributed by atoms with van der Waals surface area (Å²) in [6.45, 7) is 5.19. The lowest BCUT2D eigenvalue weighted by Crippen LogP contribution is -2.37. The molecule has 0 saturated carbocycles. The summed E-state index contributed by atoms with van der Waals surface area (Å²) in [6.07, 6.45) is 2.99. The average Bonchev–Trinajstić information content (AvgIpc) is 2.71. The second-order valence-electron chi connectivity index (χ2n) is 5.02. The number of furan rings is 1. The zero-order valence-corrected chi connectivity index (χ0v) is 11.7. The number of aliphatic hydroxyl groups is 1. The van der Waals surface area contributed by atoms with Gasteiger partial charge in [-0.2, -0.15) is 0 Å². The Hall–Kier alpha value is -0.840. The second kappa shape index (κ2) is 7.56. The molecule has 2 unspecified atom stereocenters. The Morgan fingerprint density at radius 2 is 2.06 bits per heavy atom. The fourth-order valence-electron chi connectivity index (χ4n) is 2.28. The SMILES string of the molecule is Cc1ccc(C(C(C)N)N(C)CCCCCO)o1. The van der Waals surface area contributed by atoms with Gasteiger partial charge in [-0.3, -0.25) is 4.90 Å². The van der Waals surface area contributed by atoms with Crippen LogP contribution < -0.4 is 5.73 Å². The summed E-state index contributed by atoms with van der Waals surface area (Å²) in [5.41, 5.74) is 6.07. The molecule has 0 saturated heterocycles. The van der Waals surface area contributed by atoms with Gasteiger partial charge in [-0.1, -0.05) is 0 Å². The molecular weight excluding hydrogens is 228 g/mol. The Kier molecular flexibility index (Phi) is 6.39. The van der Waals surface area contributed by atoms with Crippen molar-refractivity contribution in [1.29, 1.82) is 0 Å². The number of aliphatic hydroxyl groups excluding tert-OH is 1. The highest BCUT2D eigenvalue weighted by Gasteiger charge is 2.23. The maximum atomic E-state index is 8.76. The van der Waals surface area contributed by atoms with Gasteiger partial charge in [-0.15, -0.1) is 0 Å². The summed E-state index contributed by atoms with van der Waals surface area (Å²) >= 11 is 0. The van der Waals surface area contributed by atoms with Gasteiger partial charge in [0.15, 0.2) is 0 Å². The number of aryl methyl sites for hydroxylation is 1. The van der Waals surface area contributed by atoms with Crippen molar-refractivity contribution in [1.82, 2.24) is 4.90 Å². The van der Waals surface area contributed by atoms with Crippen molar-refractivity contribution in [2.24, 2.45) is 5.73 Å². The third-order valence-corrected chi connectivity index (χ3v) is 3.19. The molecular formula is C14H26N2O2. The van der Waals surface area contributed by atoms with Gasteiger partial charge in [0.2, 0.25) is 0 Å². The van der Waals surface area contributed by atoms with Crippen LogP contribution in [-0.4, -0.2) is 36.2 Å². The Bertz CT molecular complexity index is 336. The molecule has 0 amide bonds. The van der Waals surface area contributed by atoms with E-state index in [0.717, 1.165) is 37.3 Å². The van der Waals surface area contributed by atoms with E-state index in [9.17, 15) is 0 Å². The normalized spacial score (nSPS) is 15.0. The van der Waals surface area contributed by atoms with Gasteiger partial charge in [0.05, 0.1) is 6.04 Å². The molecule has 0 aliphatic carbocycles. The highest BCUT2D eigenvalue weighted by Crippen LogP contribution is 2.24. The molecule has 4 nitrogen and oxygen atoms in total. The third-order valence-electron chi connectivity index (χ3n) is 3.19. The van der Waals surface area contributed by atoms with E-state index in [0.29, 0.717) is 0 Å². The Morgan fingerprint density at radius 1 is 1.33 bits per heavy atom. The number of nitrogens with zero attached hydrogens (tertiary/aromatic N) is 1. The quantitative estimate of drug-likeness (QED) is 0.697. The van der Waals surface area contributed by atoms with Gasteiger partial charge in [0, 0.05) is 12.6 Å². The smallest absolute Gasteiger partial charge is 0.122 e. The molecule has 3 N–H and O–H groups in total. The number of hydrogen-bond acceptors (Lipinski definition) is 4. The van der Waals surface area contributed by atoms with Crippen LogP contribution in [0, 0.1) is 6.92 Å². The Balaban J connectivity index is 2.56. The van der Waals surface area contributed by atoms with E-state index in [1.807, 2.05) is 26.0 Å². The van der Waals surface area contributed by atoms with E-state index < -0.39 is 0 Å². The van der Waals surface area contributed by atoms with Crippen molar-refractivity contribution in [2.75, 3.05) is 20.2 Å². The summed E-state index contributed by atoms with van der Waals surface area (Å²) < 4.78 is 5.69. The molecule has 104 valence electrons. The van der Waals surface area contributed by atoms with Crippen LogP contribution in [0.2, 0.25) is 0 Å². The first-order chi connectivity index (χ1) is 8.56. The molecule has 0 aromatic carbocycles. The maximum Gasteiger partial charge on any atom is 0.122 e. The van der Waals surface area contributed by atoms with E-state index in [1.165, 1.54) is 0 Å². The lowest BCUT2D eigenvalue weighted by Gasteiger charge is -2.29. The lowest BCUT2D eigenvalue weighted by molar-refractivity contribution is 0.184. The van der Waals surface area contributed by atoms with Crippen LogP contribution in [-0.2, 0) is 0 Å². The molecule has 1 rings (SSSR count). The van der Waals surface area contributed by atoms with Crippen molar-refractivity contribution < 1.29 is 9.52 Å². The second-order valence-corrected chi connectivity index (χ2v) is 5.02. The number of rotatable bonds is 8. The van der Waals surface area contributed by atoms with E-state index in [-0.39, 0.29) is 18.7 Å². The molecule has 0 aliphatic rings. The van der Waals surface area contributed by atoms with E-state index in [4.69, 9.17) is 15.3 Å². The van der Waals surface area contributed by atoms with Gasteiger partial charge in [-0.05, 0) is 58.8 Å². The Labute approximate surface area is 110 Å². The molecule has 0 fully saturated rings. The summed E-state index contributed by atoms with van der Waals surface area (Å²) in [7, 11) is 2.07. The monoisotopic (exact) mass is 254 g/mol. The van der Waals surface area contributed by atoms with Gasteiger partial charge in [0.25, 0.3) is 0 Å². The fourth-order valence-corrected chi connectivity index (χ4v) is 2.28. The van der Waals surface area contributed by atoms with Crippen LogP contribution >= 0.6 is 0 Å². The highest BCUT2D eigenvalue weighted by molar-refractivity contribution is 5.11. The van der Waals surface area contributed by atoms with Crippen molar-refractivity contribution in [3.05, 3.63) is 23.7 Å². The van der Waals surface area contributed by atoms with Gasteiger partial charge >= 0.3 is 0 Å². The van der Waals surface area contributed by atoms with Crippen molar-refractivity contribution in [2.45, 2.75) is 45.2 Å². The van der Waals surface area contributed by atoms with Crippen LogP contribution in [0.4, 0.5) is 0 Å². The molecule has 1 heterocycles. The first-order valence-corrected chi connectivity index (χ1v) is 6.69. The lowest BCUT2D eigenvalue weighted by atomic mass is 10.1. The molecule has 1 aromatic heterocycles. The summed E-state index contributed by atoms with van der Waals surface area (Å²) in [6, 6.07) is 4.13. The first-order valence-electron chi connectivity index (χ1n) is 6.69. The average molecular weight is 254 g/mol. The van der Waals surface area contributed by atoms with Gasteiger partial charge in [-0.25, -0.2) is 0 Å². The van der Waals surface area contributed by atoms with E-state index in [2.05, 4.69) is 11.9 Å². The number of likely N-dealkylation sites (N-methyl/N-ethyl adjacent to an activating group) is 1. The van der Waals surface area contributed by atoms with Crippen LogP contribution in [0.25, 0.3) is 0 Å². The molecule has 1 aromatic rings. The van der Waals surface area contributed by atoms with Gasteiger partial charge < -0.3 is 15.3 Å². The predicted molar refractivity (Wildman–Crippen MR) is 73.4 cm³/mol. The van der Waals surface area contributed by atoms with Crippen molar-refractivity contribution in [3.8, 4) is 0 Å². The van der Waals surface area contributed by atoms with Crippen LogP contribution in [0.1, 0.15) is 43.7 Å². The van der Waals surface area contributed by atoms with Crippen LogP contribution in [0.3, 0.4) is 0 Å².